The highest BCUT2D eigenvalue weighted by atomic mass is 16.5. The van der Waals surface area contributed by atoms with Crippen molar-refractivity contribution in [2.24, 2.45) is 0 Å². The quantitative estimate of drug-likeness (QED) is 0.471. The van der Waals surface area contributed by atoms with Crippen molar-refractivity contribution < 1.29 is 19.1 Å². The normalized spacial score (nSPS) is 12.9. The second kappa shape index (κ2) is 10.5. The van der Waals surface area contributed by atoms with E-state index in [1.807, 2.05) is 24.3 Å². The van der Waals surface area contributed by atoms with Crippen LogP contribution in [-0.4, -0.2) is 37.9 Å². The van der Waals surface area contributed by atoms with Crippen LogP contribution >= 0.6 is 0 Å². The van der Waals surface area contributed by atoms with Crippen molar-refractivity contribution in [2.75, 3.05) is 41.0 Å². The number of ether oxygens (including phenoxy) is 1. The number of anilines is 4. The molecule has 0 spiro atoms. The first-order valence-corrected chi connectivity index (χ1v) is 11.0. The van der Waals surface area contributed by atoms with Gasteiger partial charge in [0.05, 0.1) is 25.0 Å². The number of hydrogen-bond acceptors (Lipinski definition) is 5. The van der Waals surface area contributed by atoms with Gasteiger partial charge in [0, 0.05) is 29.9 Å². The van der Waals surface area contributed by atoms with Crippen LogP contribution in [0, 0.1) is 0 Å². The Kier molecular flexibility index (Phi) is 7.07. The van der Waals surface area contributed by atoms with Crippen LogP contribution in [0.25, 0.3) is 0 Å². The number of hydrogen-bond donors (Lipinski definition) is 3. The van der Waals surface area contributed by atoms with Crippen molar-refractivity contribution in [2.45, 2.75) is 12.8 Å². The lowest BCUT2D eigenvalue weighted by molar-refractivity contribution is -0.117. The molecule has 34 heavy (non-hydrogen) atoms. The number of carbonyl (C=O) groups is 3. The Morgan fingerprint density at radius 1 is 0.912 bits per heavy atom. The number of para-hydroxylation sites is 2. The van der Waals surface area contributed by atoms with E-state index in [0.717, 1.165) is 17.8 Å². The summed E-state index contributed by atoms with van der Waals surface area (Å²) in [6, 6.07) is 21.2. The van der Waals surface area contributed by atoms with Crippen molar-refractivity contribution in [1.82, 2.24) is 0 Å². The minimum atomic E-state index is -0.252. The molecule has 0 aliphatic carbocycles. The molecule has 3 aromatic rings. The number of benzene rings is 3. The van der Waals surface area contributed by atoms with Gasteiger partial charge in [-0.05, 0) is 67.1 Å². The fraction of sp³-hybridized carbons (Fsp3) is 0.192. The third-order valence-electron chi connectivity index (χ3n) is 5.49. The van der Waals surface area contributed by atoms with Crippen molar-refractivity contribution in [3.05, 3.63) is 78.4 Å². The highest BCUT2D eigenvalue weighted by molar-refractivity contribution is 6.05. The Morgan fingerprint density at radius 2 is 1.59 bits per heavy atom. The van der Waals surface area contributed by atoms with Gasteiger partial charge in [-0.25, -0.2) is 0 Å². The first-order chi connectivity index (χ1) is 16.5. The molecule has 1 saturated heterocycles. The van der Waals surface area contributed by atoms with Gasteiger partial charge in [0.15, 0.2) is 0 Å². The van der Waals surface area contributed by atoms with E-state index >= 15 is 0 Å². The molecule has 1 fully saturated rings. The van der Waals surface area contributed by atoms with Gasteiger partial charge in [-0.15, -0.1) is 0 Å². The maximum atomic E-state index is 12.5. The molecule has 0 atom stereocenters. The maximum Gasteiger partial charge on any atom is 0.255 e. The minimum Gasteiger partial charge on any atom is -0.497 e. The summed E-state index contributed by atoms with van der Waals surface area (Å²) >= 11 is 0. The third kappa shape index (κ3) is 5.53. The summed E-state index contributed by atoms with van der Waals surface area (Å²) in [7, 11) is 1.58. The SMILES string of the molecule is COc1ccc(NC(=O)c2ccc(NC(=O)CNc3ccccc3N3CCCC3=O)cc2)cc1. The van der Waals surface area contributed by atoms with Gasteiger partial charge in [-0.2, -0.15) is 0 Å². The number of carbonyl (C=O) groups excluding carboxylic acids is 3. The predicted octanol–water partition coefficient (Wildman–Crippen LogP) is 4.12. The van der Waals surface area contributed by atoms with Crippen LogP contribution < -0.4 is 25.6 Å². The summed E-state index contributed by atoms with van der Waals surface area (Å²) in [6.45, 7) is 0.723. The van der Waals surface area contributed by atoms with E-state index in [2.05, 4.69) is 16.0 Å². The fourth-order valence-corrected chi connectivity index (χ4v) is 3.72. The summed E-state index contributed by atoms with van der Waals surface area (Å²) in [5.74, 6) is 0.311. The molecular weight excluding hydrogens is 432 g/mol. The van der Waals surface area contributed by atoms with Crippen molar-refractivity contribution in [3.8, 4) is 5.75 Å². The fourth-order valence-electron chi connectivity index (χ4n) is 3.72. The van der Waals surface area contributed by atoms with E-state index in [-0.39, 0.29) is 24.3 Å². The lowest BCUT2D eigenvalue weighted by atomic mass is 10.2. The van der Waals surface area contributed by atoms with E-state index < -0.39 is 0 Å². The van der Waals surface area contributed by atoms with Gasteiger partial charge in [0.25, 0.3) is 5.91 Å². The molecule has 174 valence electrons. The van der Waals surface area contributed by atoms with Crippen LogP contribution in [-0.2, 0) is 9.59 Å². The lowest BCUT2D eigenvalue weighted by Crippen LogP contribution is -2.26. The first-order valence-electron chi connectivity index (χ1n) is 11.0. The standard InChI is InChI=1S/C26H26N4O4/c1-34-21-14-12-20(13-15-21)29-26(33)18-8-10-19(11-9-18)28-24(31)17-27-22-5-2-3-6-23(22)30-16-4-7-25(30)32/h2-3,5-6,8-15,27H,4,7,16-17H2,1H3,(H,28,31)(H,29,33). The molecule has 0 saturated carbocycles. The predicted molar refractivity (Wildman–Crippen MR) is 133 cm³/mol. The maximum absolute atomic E-state index is 12.5. The highest BCUT2D eigenvalue weighted by Gasteiger charge is 2.23. The van der Waals surface area contributed by atoms with Gasteiger partial charge in [0.2, 0.25) is 11.8 Å². The topological polar surface area (TPSA) is 99.8 Å². The first kappa shape index (κ1) is 22.8. The Morgan fingerprint density at radius 3 is 2.26 bits per heavy atom. The average Bonchev–Trinajstić information content (AvgIpc) is 3.29. The molecule has 3 amide bonds. The molecule has 0 radical (unpaired) electrons. The lowest BCUT2D eigenvalue weighted by Gasteiger charge is -2.20. The zero-order valence-corrected chi connectivity index (χ0v) is 18.8. The largest absolute Gasteiger partial charge is 0.497 e. The van der Waals surface area contributed by atoms with Crippen LogP contribution in [0.2, 0.25) is 0 Å². The molecule has 8 nitrogen and oxygen atoms in total. The zero-order chi connectivity index (χ0) is 23.9. The zero-order valence-electron chi connectivity index (χ0n) is 18.8. The average molecular weight is 459 g/mol. The Bertz CT molecular complexity index is 1180. The molecule has 1 aliphatic heterocycles. The minimum absolute atomic E-state index is 0.0404. The molecule has 0 bridgehead atoms. The van der Waals surface area contributed by atoms with E-state index in [4.69, 9.17) is 4.74 Å². The van der Waals surface area contributed by atoms with Gasteiger partial charge in [0.1, 0.15) is 5.75 Å². The molecule has 0 unspecified atom stereocenters. The summed E-state index contributed by atoms with van der Waals surface area (Å²) in [5.41, 5.74) is 3.22. The number of methoxy groups -OCH3 is 1. The summed E-state index contributed by atoms with van der Waals surface area (Å²) in [5, 5.41) is 8.75. The summed E-state index contributed by atoms with van der Waals surface area (Å²) in [4.78, 5) is 38.8. The Labute approximate surface area is 197 Å². The number of rotatable bonds is 8. The van der Waals surface area contributed by atoms with E-state index in [1.54, 1.807) is 60.5 Å². The number of nitrogens with zero attached hydrogens (tertiary/aromatic N) is 1. The summed E-state index contributed by atoms with van der Waals surface area (Å²) in [6.07, 6.45) is 1.38. The van der Waals surface area contributed by atoms with Gasteiger partial charge in [-0.3, -0.25) is 14.4 Å². The smallest absolute Gasteiger partial charge is 0.255 e. The molecule has 4 rings (SSSR count). The van der Waals surface area contributed by atoms with Crippen molar-refractivity contribution in [1.29, 1.82) is 0 Å². The summed E-state index contributed by atoms with van der Waals surface area (Å²) < 4.78 is 5.11. The van der Waals surface area contributed by atoms with Gasteiger partial charge < -0.3 is 25.6 Å². The molecule has 1 aliphatic rings. The molecule has 0 aromatic heterocycles. The molecule has 8 heteroatoms. The van der Waals surface area contributed by atoms with E-state index in [1.165, 1.54) is 0 Å². The van der Waals surface area contributed by atoms with Crippen LogP contribution in [0.4, 0.5) is 22.7 Å². The van der Waals surface area contributed by atoms with E-state index in [0.29, 0.717) is 35.7 Å². The molecular formula is C26H26N4O4. The number of amides is 3. The molecule has 1 heterocycles. The van der Waals surface area contributed by atoms with Crippen LogP contribution in [0.3, 0.4) is 0 Å². The van der Waals surface area contributed by atoms with E-state index in [9.17, 15) is 14.4 Å². The van der Waals surface area contributed by atoms with Crippen LogP contribution in [0.5, 0.6) is 5.75 Å². The van der Waals surface area contributed by atoms with Gasteiger partial charge in [-0.1, -0.05) is 12.1 Å². The second-order valence-electron chi connectivity index (χ2n) is 7.83. The van der Waals surface area contributed by atoms with Crippen molar-refractivity contribution in [3.63, 3.8) is 0 Å². The van der Waals surface area contributed by atoms with Crippen LogP contribution in [0.1, 0.15) is 23.2 Å². The monoisotopic (exact) mass is 458 g/mol. The molecule has 3 aromatic carbocycles. The van der Waals surface area contributed by atoms with Gasteiger partial charge >= 0.3 is 0 Å². The Hall–Kier alpha value is -4.33. The third-order valence-corrected chi connectivity index (χ3v) is 5.49. The number of nitrogens with one attached hydrogen (secondary N) is 3. The second-order valence-corrected chi connectivity index (χ2v) is 7.83. The van der Waals surface area contributed by atoms with Crippen LogP contribution in [0.15, 0.2) is 72.8 Å². The van der Waals surface area contributed by atoms with Crippen molar-refractivity contribution >= 4 is 40.5 Å². The highest BCUT2D eigenvalue weighted by Crippen LogP contribution is 2.29. The Balaban J connectivity index is 1.31. The molecule has 3 N–H and O–H groups in total.